The highest BCUT2D eigenvalue weighted by Crippen LogP contribution is 2.54. The number of rotatable bonds is 4. The zero-order valence-corrected chi connectivity index (χ0v) is 11.0. The maximum atomic E-state index is 11.7. The molecule has 0 aromatic heterocycles. The number of carbonyl (C=O) groups is 1. The number of terminal acetylenes is 1. The van der Waals surface area contributed by atoms with Gasteiger partial charge in [0.25, 0.3) is 5.91 Å². The number of hydrogen-bond donors (Lipinski definition) is 2. The Morgan fingerprint density at radius 1 is 1.22 bits per heavy atom. The Kier molecular flexibility index (Phi) is 3.07. The molecule has 0 aliphatic heterocycles. The third kappa shape index (κ3) is 2.27. The molecule has 0 unspecified atom stereocenters. The van der Waals surface area contributed by atoms with Crippen LogP contribution >= 0.6 is 0 Å². The van der Waals surface area contributed by atoms with Crippen molar-refractivity contribution in [3.8, 4) is 12.3 Å². The topological polar surface area (TPSA) is 45.7 Å². The molecule has 4 aliphatic carbocycles. The molecule has 0 spiro atoms. The molecule has 4 bridgehead atoms. The second-order valence-electron chi connectivity index (χ2n) is 6.67. The highest BCUT2D eigenvalue weighted by molar-refractivity contribution is 5.76. The Hall–Kier alpha value is -1.01. The normalized spacial score (nSPS) is 40.5. The Balaban J connectivity index is 1.56. The Labute approximate surface area is 109 Å². The SMILES string of the molecule is C#CCNC(=O)C[NH2+]C12CC3CC(CC(C3)C1)C2. The van der Waals surface area contributed by atoms with Crippen LogP contribution in [0.3, 0.4) is 0 Å². The van der Waals surface area contributed by atoms with E-state index in [0.29, 0.717) is 18.6 Å². The van der Waals surface area contributed by atoms with Gasteiger partial charge in [-0.15, -0.1) is 6.42 Å². The van der Waals surface area contributed by atoms with Gasteiger partial charge in [0.2, 0.25) is 0 Å². The van der Waals surface area contributed by atoms with Gasteiger partial charge in [-0.05, 0) is 37.0 Å². The molecule has 0 saturated heterocycles. The first-order valence-electron chi connectivity index (χ1n) is 7.24. The highest BCUT2D eigenvalue weighted by atomic mass is 16.1. The molecule has 1 amide bonds. The van der Waals surface area contributed by atoms with Crippen LogP contribution in [0, 0.1) is 30.1 Å². The van der Waals surface area contributed by atoms with Gasteiger partial charge in [-0.1, -0.05) is 5.92 Å². The molecule has 0 heterocycles. The van der Waals surface area contributed by atoms with E-state index in [4.69, 9.17) is 6.42 Å². The maximum Gasteiger partial charge on any atom is 0.275 e. The monoisotopic (exact) mass is 247 g/mol. The van der Waals surface area contributed by atoms with Crippen molar-refractivity contribution in [1.29, 1.82) is 0 Å². The molecule has 3 N–H and O–H groups in total. The van der Waals surface area contributed by atoms with Crippen LogP contribution in [-0.4, -0.2) is 24.5 Å². The summed E-state index contributed by atoms with van der Waals surface area (Å²) in [6, 6.07) is 0. The van der Waals surface area contributed by atoms with E-state index in [1.54, 1.807) is 0 Å². The van der Waals surface area contributed by atoms with E-state index in [-0.39, 0.29) is 5.91 Å². The molecule has 0 aromatic carbocycles. The van der Waals surface area contributed by atoms with Crippen LogP contribution < -0.4 is 10.6 Å². The predicted molar refractivity (Wildman–Crippen MR) is 69.5 cm³/mol. The molecule has 0 radical (unpaired) electrons. The molecule has 4 rings (SSSR count). The predicted octanol–water partition coefficient (Wildman–Crippen LogP) is 0.268. The van der Waals surface area contributed by atoms with E-state index >= 15 is 0 Å². The number of nitrogens with one attached hydrogen (secondary N) is 1. The number of nitrogens with two attached hydrogens (primary N) is 1. The Morgan fingerprint density at radius 3 is 2.28 bits per heavy atom. The summed E-state index contributed by atoms with van der Waals surface area (Å²) in [7, 11) is 0. The van der Waals surface area contributed by atoms with Crippen molar-refractivity contribution in [2.75, 3.05) is 13.1 Å². The van der Waals surface area contributed by atoms with Gasteiger partial charge in [0.1, 0.15) is 0 Å². The highest BCUT2D eigenvalue weighted by Gasteiger charge is 2.53. The summed E-state index contributed by atoms with van der Waals surface area (Å²) in [6.45, 7) is 0.904. The van der Waals surface area contributed by atoms with Crippen molar-refractivity contribution < 1.29 is 10.1 Å². The van der Waals surface area contributed by atoms with Crippen molar-refractivity contribution in [2.45, 2.75) is 44.1 Å². The lowest BCUT2D eigenvalue weighted by atomic mass is 9.53. The summed E-state index contributed by atoms with van der Waals surface area (Å²) in [6.07, 6.45) is 13.5. The third-order valence-electron chi connectivity index (χ3n) is 5.19. The van der Waals surface area contributed by atoms with Crippen molar-refractivity contribution in [3.05, 3.63) is 0 Å². The van der Waals surface area contributed by atoms with E-state index in [1.807, 2.05) is 0 Å². The summed E-state index contributed by atoms with van der Waals surface area (Å²) in [5.41, 5.74) is 0.391. The second-order valence-corrected chi connectivity index (χ2v) is 6.67. The molecule has 3 nitrogen and oxygen atoms in total. The summed E-state index contributed by atoms with van der Waals surface area (Å²) in [5.74, 6) is 5.37. The van der Waals surface area contributed by atoms with Crippen LogP contribution in [0.1, 0.15) is 38.5 Å². The number of amides is 1. The van der Waals surface area contributed by atoms with E-state index in [1.165, 1.54) is 38.5 Å². The molecule has 4 saturated carbocycles. The third-order valence-corrected chi connectivity index (χ3v) is 5.19. The van der Waals surface area contributed by atoms with Crippen molar-refractivity contribution in [3.63, 3.8) is 0 Å². The minimum absolute atomic E-state index is 0.0868. The first-order chi connectivity index (χ1) is 8.69. The van der Waals surface area contributed by atoms with Gasteiger partial charge in [-0.3, -0.25) is 4.79 Å². The molecule has 98 valence electrons. The molecule has 0 atom stereocenters. The fourth-order valence-corrected chi connectivity index (χ4v) is 4.96. The quantitative estimate of drug-likeness (QED) is 0.688. The van der Waals surface area contributed by atoms with Crippen LogP contribution in [0.25, 0.3) is 0 Å². The lowest BCUT2D eigenvalue weighted by Gasteiger charge is -2.54. The maximum absolute atomic E-state index is 11.7. The smallest absolute Gasteiger partial charge is 0.275 e. The minimum atomic E-state index is 0.0868. The average Bonchev–Trinajstić information content (AvgIpc) is 2.32. The lowest BCUT2D eigenvalue weighted by Crippen LogP contribution is -3.00. The fraction of sp³-hybridized carbons (Fsp3) is 0.800. The summed E-state index contributed by atoms with van der Waals surface area (Å²) in [5, 5.41) is 5.08. The number of quaternary nitrogens is 1. The van der Waals surface area contributed by atoms with Gasteiger partial charge in [-0.25, -0.2) is 0 Å². The summed E-state index contributed by atoms with van der Waals surface area (Å²) >= 11 is 0. The van der Waals surface area contributed by atoms with Gasteiger partial charge in [-0.2, -0.15) is 0 Å². The van der Waals surface area contributed by atoms with Crippen LogP contribution in [0.2, 0.25) is 0 Å². The van der Waals surface area contributed by atoms with Crippen LogP contribution in [0.4, 0.5) is 0 Å². The first-order valence-corrected chi connectivity index (χ1v) is 7.24. The second kappa shape index (κ2) is 4.59. The van der Waals surface area contributed by atoms with Crippen LogP contribution in [0.5, 0.6) is 0 Å². The van der Waals surface area contributed by atoms with E-state index < -0.39 is 0 Å². The number of carbonyl (C=O) groups excluding carboxylic acids is 1. The number of hydrogen-bond acceptors (Lipinski definition) is 1. The molecular weight excluding hydrogens is 224 g/mol. The van der Waals surface area contributed by atoms with Crippen molar-refractivity contribution >= 4 is 5.91 Å². The van der Waals surface area contributed by atoms with Crippen molar-refractivity contribution in [2.24, 2.45) is 17.8 Å². The summed E-state index contributed by atoms with van der Waals surface area (Å²) in [4.78, 5) is 11.7. The zero-order chi connectivity index (χ0) is 12.6. The molecule has 4 aliphatic rings. The summed E-state index contributed by atoms with van der Waals surface area (Å²) < 4.78 is 0. The van der Waals surface area contributed by atoms with Gasteiger partial charge in [0.05, 0.1) is 12.1 Å². The molecule has 0 aromatic rings. The standard InChI is InChI=1S/C15H22N2O/c1-2-3-16-14(18)10-17-15-7-11-4-12(8-15)6-13(5-11)9-15/h1,11-13,17H,3-10H2,(H,16,18)/p+1. The molecular formula is C15H23N2O+. The Morgan fingerprint density at radius 2 is 1.78 bits per heavy atom. The lowest BCUT2D eigenvalue weighted by molar-refractivity contribution is -0.730. The molecule has 3 heteroatoms. The zero-order valence-electron chi connectivity index (χ0n) is 11.0. The van der Waals surface area contributed by atoms with E-state index in [9.17, 15) is 4.79 Å². The largest absolute Gasteiger partial charge is 0.340 e. The van der Waals surface area contributed by atoms with Gasteiger partial charge in [0.15, 0.2) is 6.54 Å². The van der Waals surface area contributed by atoms with E-state index in [0.717, 1.165) is 17.8 Å². The van der Waals surface area contributed by atoms with Gasteiger partial charge in [0, 0.05) is 19.3 Å². The average molecular weight is 247 g/mol. The van der Waals surface area contributed by atoms with Gasteiger partial charge < -0.3 is 10.6 Å². The van der Waals surface area contributed by atoms with Crippen LogP contribution in [-0.2, 0) is 4.79 Å². The van der Waals surface area contributed by atoms with Crippen molar-refractivity contribution in [1.82, 2.24) is 5.32 Å². The first kappa shape index (κ1) is 12.0. The van der Waals surface area contributed by atoms with Crippen LogP contribution in [0.15, 0.2) is 0 Å². The Bertz CT molecular complexity index is 347. The fourth-order valence-electron chi connectivity index (χ4n) is 4.96. The minimum Gasteiger partial charge on any atom is -0.340 e. The molecule has 4 fully saturated rings. The molecule has 18 heavy (non-hydrogen) atoms. The van der Waals surface area contributed by atoms with E-state index in [2.05, 4.69) is 16.6 Å². The van der Waals surface area contributed by atoms with Gasteiger partial charge >= 0.3 is 0 Å².